The molecule has 0 unspecified atom stereocenters. The average molecular weight is 160 g/mol. The summed E-state index contributed by atoms with van der Waals surface area (Å²) in [5.41, 5.74) is 5.20. The SMILES string of the molecule is CCCOC(=O)CNCCN. The van der Waals surface area contributed by atoms with E-state index in [0.29, 0.717) is 19.7 Å². The number of rotatable bonds is 6. The van der Waals surface area contributed by atoms with Gasteiger partial charge in [-0.25, -0.2) is 0 Å². The van der Waals surface area contributed by atoms with Crippen molar-refractivity contribution in [2.75, 3.05) is 26.2 Å². The van der Waals surface area contributed by atoms with Gasteiger partial charge in [-0.1, -0.05) is 6.92 Å². The van der Waals surface area contributed by atoms with Crippen molar-refractivity contribution in [1.82, 2.24) is 5.32 Å². The number of hydrogen-bond acceptors (Lipinski definition) is 4. The first-order valence-electron chi connectivity index (χ1n) is 3.87. The molecule has 0 aliphatic rings. The lowest BCUT2D eigenvalue weighted by Gasteiger charge is -2.02. The largest absolute Gasteiger partial charge is 0.465 e. The highest BCUT2D eigenvalue weighted by Crippen LogP contribution is 1.80. The fraction of sp³-hybridized carbons (Fsp3) is 0.857. The van der Waals surface area contributed by atoms with Crippen molar-refractivity contribution in [3.05, 3.63) is 0 Å². The molecule has 4 heteroatoms. The Hall–Kier alpha value is -0.610. The van der Waals surface area contributed by atoms with Crippen molar-refractivity contribution >= 4 is 5.97 Å². The Morgan fingerprint density at radius 1 is 1.64 bits per heavy atom. The minimum absolute atomic E-state index is 0.208. The lowest BCUT2D eigenvalue weighted by Crippen LogP contribution is -2.29. The van der Waals surface area contributed by atoms with E-state index >= 15 is 0 Å². The summed E-state index contributed by atoms with van der Waals surface area (Å²) in [6, 6.07) is 0. The Morgan fingerprint density at radius 2 is 2.36 bits per heavy atom. The van der Waals surface area contributed by atoms with Crippen LogP contribution in [0.4, 0.5) is 0 Å². The van der Waals surface area contributed by atoms with Gasteiger partial charge in [-0.3, -0.25) is 4.79 Å². The molecule has 0 rings (SSSR count). The first kappa shape index (κ1) is 10.4. The molecule has 0 aromatic rings. The monoisotopic (exact) mass is 160 g/mol. The van der Waals surface area contributed by atoms with Crippen LogP contribution < -0.4 is 11.1 Å². The zero-order chi connectivity index (χ0) is 8.53. The molecule has 11 heavy (non-hydrogen) atoms. The van der Waals surface area contributed by atoms with E-state index in [-0.39, 0.29) is 12.5 Å². The van der Waals surface area contributed by atoms with Gasteiger partial charge in [-0.15, -0.1) is 0 Å². The molecule has 0 aliphatic carbocycles. The van der Waals surface area contributed by atoms with Crippen molar-refractivity contribution in [2.24, 2.45) is 5.73 Å². The van der Waals surface area contributed by atoms with Gasteiger partial charge in [0.05, 0.1) is 13.2 Å². The van der Waals surface area contributed by atoms with Gasteiger partial charge >= 0.3 is 5.97 Å². The van der Waals surface area contributed by atoms with Crippen molar-refractivity contribution in [3.8, 4) is 0 Å². The number of hydrogen-bond donors (Lipinski definition) is 2. The molecule has 0 amide bonds. The van der Waals surface area contributed by atoms with Gasteiger partial charge in [0.2, 0.25) is 0 Å². The van der Waals surface area contributed by atoms with Crippen LogP contribution in [-0.4, -0.2) is 32.2 Å². The third-order valence-electron chi connectivity index (χ3n) is 1.06. The highest BCUT2D eigenvalue weighted by Gasteiger charge is 1.98. The van der Waals surface area contributed by atoms with Gasteiger partial charge in [0.15, 0.2) is 0 Å². The van der Waals surface area contributed by atoms with Crippen molar-refractivity contribution in [1.29, 1.82) is 0 Å². The minimum atomic E-state index is -0.208. The van der Waals surface area contributed by atoms with E-state index < -0.39 is 0 Å². The molecule has 0 spiro atoms. The molecule has 3 N–H and O–H groups in total. The van der Waals surface area contributed by atoms with Gasteiger partial charge in [0.1, 0.15) is 0 Å². The topological polar surface area (TPSA) is 64.3 Å². The number of nitrogens with two attached hydrogens (primary N) is 1. The van der Waals surface area contributed by atoms with Gasteiger partial charge in [0, 0.05) is 13.1 Å². The molecule has 4 nitrogen and oxygen atoms in total. The number of ether oxygens (including phenoxy) is 1. The normalized spacial score (nSPS) is 9.64. The van der Waals surface area contributed by atoms with Crippen molar-refractivity contribution < 1.29 is 9.53 Å². The third-order valence-corrected chi connectivity index (χ3v) is 1.06. The van der Waals surface area contributed by atoms with Crippen LogP contribution in [0, 0.1) is 0 Å². The van der Waals surface area contributed by atoms with Crippen molar-refractivity contribution in [3.63, 3.8) is 0 Å². The number of carbonyl (C=O) groups excluding carboxylic acids is 1. The molecule has 0 fully saturated rings. The van der Waals surface area contributed by atoms with Crippen LogP contribution in [0.3, 0.4) is 0 Å². The lowest BCUT2D eigenvalue weighted by molar-refractivity contribution is -0.142. The zero-order valence-corrected chi connectivity index (χ0v) is 6.93. The molecule has 0 atom stereocenters. The summed E-state index contributed by atoms with van der Waals surface area (Å²) in [6.07, 6.45) is 0.864. The molecular formula is C7H16N2O2. The van der Waals surface area contributed by atoms with E-state index in [4.69, 9.17) is 10.5 Å². The van der Waals surface area contributed by atoms with Crippen LogP contribution in [0.15, 0.2) is 0 Å². The fourth-order valence-electron chi connectivity index (χ4n) is 0.559. The van der Waals surface area contributed by atoms with Crippen molar-refractivity contribution in [2.45, 2.75) is 13.3 Å². The molecule has 0 heterocycles. The van der Waals surface area contributed by atoms with Gasteiger partial charge in [-0.2, -0.15) is 0 Å². The summed E-state index contributed by atoms with van der Waals surface area (Å²) < 4.78 is 4.80. The maximum atomic E-state index is 10.8. The standard InChI is InChI=1S/C7H16N2O2/c1-2-5-11-7(10)6-9-4-3-8/h9H,2-6,8H2,1H3. The zero-order valence-electron chi connectivity index (χ0n) is 6.93. The molecular weight excluding hydrogens is 144 g/mol. The summed E-state index contributed by atoms with van der Waals surface area (Å²) >= 11 is 0. The van der Waals surface area contributed by atoms with E-state index in [1.165, 1.54) is 0 Å². The highest BCUT2D eigenvalue weighted by atomic mass is 16.5. The van der Waals surface area contributed by atoms with Crippen LogP contribution >= 0.6 is 0 Å². The van der Waals surface area contributed by atoms with Crippen LogP contribution in [0.1, 0.15) is 13.3 Å². The first-order chi connectivity index (χ1) is 5.31. The maximum absolute atomic E-state index is 10.8. The summed E-state index contributed by atoms with van der Waals surface area (Å²) in [4.78, 5) is 10.8. The Balaban J connectivity index is 3.09. The maximum Gasteiger partial charge on any atom is 0.319 e. The van der Waals surface area contributed by atoms with Crippen LogP contribution in [-0.2, 0) is 9.53 Å². The molecule has 0 aromatic heterocycles. The Morgan fingerprint density at radius 3 is 2.91 bits per heavy atom. The van der Waals surface area contributed by atoms with Gasteiger partial charge < -0.3 is 15.8 Å². The Bertz CT molecular complexity index is 107. The second-order valence-corrected chi connectivity index (χ2v) is 2.19. The number of esters is 1. The Labute approximate surface area is 67.1 Å². The summed E-state index contributed by atoms with van der Waals surface area (Å²) in [5, 5.41) is 2.84. The fourth-order valence-corrected chi connectivity index (χ4v) is 0.559. The number of nitrogens with one attached hydrogen (secondary N) is 1. The average Bonchev–Trinajstić information content (AvgIpc) is 2.01. The van der Waals surface area contributed by atoms with Crippen LogP contribution in [0.25, 0.3) is 0 Å². The molecule has 0 saturated heterocycles. The van der Waals surface area contributed by atoms with E-state index in [0.717, 1.165) is 6.42 Å². The summed E-state index contributed by atoms with van der Waals surface area (Å²) in [7, 11) is 0. The molecule has 0 aliphatic heterocycles. The molecule has 66 valence electrons. The first-order valence-corrected chi connectivity index (χ1v) is 3.87. The summed E-state index contributed by atoms with van der Waals surface area (Å²) in [5.74, 6) is -0.208. The highest BCUT2D eigenvalue weighted by molar-refractivity contribution is 5.71. The second-order valence-electron chi connectivity index (χ2n) is 2.19. The van der Waals surface area contributed by atoms with Gasteiger partial charge in [-0.05, 0) is 6.42 Å². The predicted molar refractivity (Wildman–Crippen MR) is 43.2 cm³/mol. The number of carbonyl (C=O) groups is 1. The lowest BCUT2D eigenvalue weighted by atomic mass is 10.5. The predicted octanol–water partition coefficient (Wildman–Crippen LogP) is -0.512. The molecule has 0 bridgehead atoms. The van der Waals surface area contributed by atoms with E-state index in [1.807, 2.05) is 6.92 Å². The molecule has 0 radical (unpaired) electrons. The molecule has 0 aromatic carbocycles. The third kappa shape index (κ3) is 7.29. The quantitative estimate of drug-likeness (QED) is 0.405. The van der Waals surface area contributed by atoms with Crippen LogP contribution in [0.2, 0.25) is 0 Å². The van der Waals surface area contributed by atoms with E-state index in [2.05, 4.69) is 5.32 Å². The summed E-state index contributed by atoms with van der Waals surface area (Å²) in [6.45, 7) is 3.92. The smallest absolute Gasteiger partial charge is 0.319 e. The van der Waals surface area contributed by atoms with E-state index in [1.54, 1.807) is 0 Å². The minimum Gasteiger partial charge on any atom is -0.465 e. The molecule has 0 saturated carbocycles. The second kappa shape index (κ2) is 7.50. The van der Waals surface area contributed by atoms with Gasteiger partial charge in [0.25, 0.3) is 0 Å². The van der Waals surface area contributed by atoms with E-state index in [9.17, 15) is 4.79 Å². The van der Waals surface area contributed by atoms with Crippen LogP contribution in [0.5, 0.6) is 0 Å². The Kier molecular flexibility index (Phi) is 7.08.